The zero-order valence-electron chi connectivity index (χ0n) is 14.2. The highest BCUT2D eigenvalue weighted by Crippen LogP contribution is 2.21. The fourth-order valence-corrected chi connectivity index (χ4v) is 3.37. The molecule has 4 aromatic rings. The normalized spacial score (nSPS) is 11.0. The largest absolute Gasteiger partial charge is 0.458 e. The molecule has 6 nitrogen and oxygen atoms in total. The zero-order chi connectivity index (χ0) is 18.6. The number of hydrogen-bond acceptors (Lipinski definition) is 5. The van der Waals surface area contributed by atoms with Gasteiger partial charge in [-0.2, -0.15) is 0 Å². The number of rotatable bonds is 6. The van der Waals surface area contributed by atoms with Crippen molar-refractivity contribution in [3.63, 3.8) is 0 Å². The van der Waals surface area contributed by atoms with Gasteiger partial charge in [0.05, 0.1) is 17.1 Å². The molecule has 0 radical (unpaired) electrons. The number of carbonyl (C=O) groups excluding carboxylic acids is 1. The highest BCUT2D eigenvalue weighted by molar-refractivity contribution is 7.99. The number of aromatic nitrogens is 4. The molecule has 4 rings (SSSR count). The number of benzene rings is 1. The van der Waals surface area contributed by atoms with Gasteiger partial charge in [-0.25, -0.2) is 14.4 Å². The number of carbonyl (C=O) groups is 1. The van der Waals surface area contributed by atoms with E-state index < -0.39 is 0 Å². The third-order valence-electron chi connectivity index (χ3n) is 3.81. The highest BCUT2D eigenvalue weighted by Gasteiger charge is 2.11. The Labute approximate surface area is 158 Å². The molecule has 0 N–H and O–H groups in total. The maximum atomic E-state index is 13.4. The van der Waals surface area contributed by atoms with Crippen LogP contribution < -0.4 is 0 Å². The molecule has 0 saturated carbocycles. The van der Waals surface area contributed by atoms with Crippen LogP contribution >= 0.6 is 11.8 Å². The van der Waals surface area contributed by atoms with E-state index in [2.05, 4.69) is 9.97 Å². The van der Waals surface area contributed by atoms with Crippen molar-refractivity contribution in [3.05, 3.63) is 78.8 Å². The van der Waals surface area contributed by atoms with Crippen molar-refractivity contribution in [2.75, 3.05) is 5.75 Å². The molecule has 0 aliphatic rings. The Hall–Kier alpha value is -3.13. The van der Waals surface area contributed by atoms with E-state index in [0.29, 0.717) is 16.5 Å². The molecule has 0 saturated heterocycles. The lowest BCUT2D eigenvalue weighted by atomic mass is 10.3. The van der Waals surface area contributed by atoms with Gasteiger partial charge in [0, 0.05) is 24.8 Å². The first-order valence-electron chi connectivity index (χ1n) is 8.19. The van der Waals surface area contributed by atoms with Crippen molar-refractivity contribution >= 4 is 23.4 Å². The van der Waals surface area contributed by atoms with Gasteiger partial charge in [0.25, 0.3) is 0 Å². The van der Waals surface area contributed by atoms with Crippen LogP contribution in [0.25, 0.3) is 11.3 Å². The first-order valence-corrected chi connectivity index (χ1v) is 9.18. The topological polar surface area (TPSA) is 61.4 Å². The first-order chi connectivity index (χ1) is 13.2. The standard InChI is InChI=1S/C19H15FN4O2S/c20-14-4-3-5-16(10-14)24-9-7-21-19(24)27-13-18(25)26-12-15-11-23-8-2-1-6-17(23)22-15/h1-11H,12-13H2. The molecule has 1 aromatic carbocycles. The van der Waals surface area contributed by atoms with Crippen LogP contribution in [0.1, 0.15) is 5.69 Å². The molecule has 136 valence electrons. The van der Waals surface area contributed by atoms with Crippen LogP contribution in [-0.4, -0.2) is 30.7 Å². The van der Waals surface area contributed by atoms with E-state index in [4.69, 9.17) is 4.74 Å². The van der Waals surface area contributed by atoms with Crippen LogP contribution in [0.5, 0.6) is 0 Å². The summed E-state index contributed by atoms with van der Waals surface area (Å²) in [4.78, 5) is 20.7. The minimum Gasteiger partial charge on any atom is -0.458 e. The molecule has 0 unspecified atom stereocenters. The number of hydrogen-bond donors (Lipinski definition) is 0. The number of thioether (sulfide) groups is 1. The van der Waals surface area contributed by atoms with Gasteiger partial charge in [-0.3, -0.25) is 9.36 Å². The predicted octanol–water partition coefficient (Wildman–Crippen LogP) is 3.49. The minimum atomic E-state index is -0.370. The number of pyridine rings is 1. The number of fused-ring (bicyclic) bond motifs is 1. The molecule has 27 heavy (non-hydrogen) atoms. The molecule has 0 atom stereocenters. The van der Waals surface area contributed by atoms with Gasteiger partial charge in [-0.1, -0.05) is 23.9 Å². The van der Waals surface area contributed by atoms with Gasteiger partial charge >= 0.3 is 5.97 Å². The minimum absolute atomic E-state index is 0.0969. The summed E-state index contributed by atoms with van der Waals surface area (Å²) in [5.41, 5.74) is 2.13. The van der Waals surface area contributed by atoms with E-state index in [-0.39, 0.29) is 24.1 Å². The summed E-state index contributed by atoms with van der Waals surface area (Å²) < 4.78 is 22.3. The van der Waals surface area contributed by atoms with Crippen molar-refractivity contribution in [1.82, 2.24) is 18.9 Å². The molecular weight excluding hydrogens is 367 g/mol. The van der Waals surface area contributed by atoms with Gasteiger partial charge in [0.2, 0.25) is 0 Å². The Morgan fingerprint density at radius 1 is 1.19 bits per heavy atom. The van der Waals surface area contributed by atoms with Gasteiger partial charge in [0.15, 0.2) is 5.16 Å². The summed E-state index contributed by atoms with van der Waals surface area (Å²) >= 11 is 1.23. The van der Waals surface area contributed by atoms with Crippen molar-refractivity contribution in [2.24, 2.45) is 0 Å². The number of nitrogens with zero attached hydrogens (tertiary/aromatic N) is 4. The Balaban J connectivity index is 1.35. The molecule has 0 spiro atoms. The van der Waals surface area contributed by atoms with Crippen molar-refractivity contribution in [2.45, 2.75) is 11.8 Å². The lowest BCUT2D eigenvalue weighted by molar-refractivity contribution is -0.141. The third-order valence-corrected chi connectivity index (χ3v) is 4.75. The second kappa shape index (κ2) is 7.63. The van der Waals surface area contributed by atoms with E-state index >= 15 is 0 Å². The van der Waals surface area contributed by atoms with E-state index in [1.54, 1.807) is 29.1 Å². The molecule has 8 heteroatoms. The van der Waals surface area contributed by atoms with E-state index in [0.717, 1.165) is 5.65 Å². The van der Waals surface area contributed by atoms with Crippen LogP contribution in [0.15, 0.2) is 72.4 Å². The molecule has 0 aliphatic heterocycles. The maximum absolute atomic E-state index is 13.4. The Kier molecular flexibility index (Phi) is 4.88. The smallest absolute Gasteiger partial charge is 0.316 e. The fraction of sp³-hybridized carbons (Fsp3) is 0.105. The summed E-state index contributed by atoms with van der Waals surface area (Å²) in [6.07, 6.45) is 7.04. The quantitative estimate of drug-likeness (QED) is 0.377. The summed E-state index contributed by atoms with van der Waals surface area (Å²) in [5, 5.41) is 0.588. The van der Waals surface area contributed by atoms with E-state index in [1.165, 1.54) is 23.9 Å². The van der Waals surface area contributed by atoms with Crippen LogP contribution in [0.2, 0.25) is 0 Å². The third kappa shape index (κ3) is 4.01. The second-order valence-corrected chi connectivity index (χ2v) is 6.65. The van der Waals surface area contributed by atoms with Gasteiger partial charge in [0.1, 0.15) is 18.1 Å². The summed E-state index contributed by atoms with van der Waals surface area (Å²) in [6, 6.07) is 11.9. The zero-order valence-corrected chi connectivity index (χ0v) is 15.0. The molecule has 0 amide bonds. The van der Waals surface area contributed by atoms with Crippen molar-refractivity contribution in [3.8, 4) is 5.69 Å². The van der Waals surface area contributed by atoms with Crippen molar-refractivity contribution in [1.29, 1.82) is 0 Å². The van der Waals surface area contributed by atoms with Crippen LogP contribution in [0, 0.1) is 5.82 Å². The summed E-state index contributed by atoms with van der Waals surface area (Å²) in [6.45, 7) is 0.111. The Bertz CT molecular complexity index is 1060. The number of imidazole rings is 2. The van der Waals surface area contributed by atoms with Crippen LogP contribution in [0.3, 0.4) is 0 Å². The van der Waals surface area contributed by atoms with Gasteiger partial charge < -0.3 is 9.14 Å². The average molecular weight is 382 g/mol. The molecule has 3 aromatic heterocycles. The van der Waals surface area contributed by atoms with Gasteiger partial charge in [-0.15, -0.1) is 0 Å². The highest BCUT2D eigenvalue weighted by atomic mass is 32.2. The SMILES string of the molecule is O=C(CSc1nccn1-c1cccc(F)c1)OCc1cn2ccccc2n1. The lowest BCUT2D eigenvalue weighted by Crippen LogP contribution is -2.08. The Morgan fingerprint density at radius 3 is 2.96 bits per heavy atom. The molecule has 3 heterocycles. The molecular formula is C19H15FN4O2S. The van der Waals surface area contributed by atoms with Crippen molar-refractivity contribution < 1.29 is 13.9 Å². The van der Waals surface area contributed by atoms with Crippen LogP contribution in [0.4, 0.5) is 4.39 Å². The lowest BCUT2D eigenvalue weighted by Gasteiger charge is -2.07. The second-order valence-electron chi connectivity index (χ2n) is 5.71. The monoisotopic (exact) mass is 382 g/mol. The summed E-state index contributed by atoms with van der Waals surface area (Å²) in [7, 11) is 0. The Morgan fingerprint density at radius 2 is 2.11 bits per heavy atom. The number of halogens is 1. The predicted molar refractivity (Wildman–Crippen MR) is 99.2 cm³/mol. The van der Waals surface area contributed by atoms with Gasteiger partial charge in [-0.05, 0) is 30.3 Å². The molecule has 0 aliphatic carbocycles. The summed E-state index contributed by atoms with van der Waals surface area (Å²) in [5.74, 6) is -0.602. The first kappa shape index (κ1) is 17.3. The average Bonchev–Trinajstić information content (AvgIpc) is 3.31. The van der Waals surface area contributed by atoms with E-state index in [1.807, 2.05) is 35.0 Å². The van der Waals surface area contributed by atoms with Crippen LogP contribution in [-0.2, 0) is 16.1 Å². The maximum Gasteiger partial charge on any atom is 0.316 e. The molecule has 0 fully saturated rings. The molecule has 0 bridgehead atoms. The number of ether oxygens (including phenoxy) is 1. The fourth-order valence-electron chi connectivity index (χ4n) is 2.60. The number of esters is 1. The van der Waals surface area contributed by atoms with E-state index in [9.17, 15) is 9.18 Å².